The zero-order valence-corrected chi connectivity index (χ0v) is 10.6. The summed E-state index contributed by atoms with van der Waals surface area (Å²) in [6, 6.07) is 1.46. The van der Waals surface area contributed by atoms with Crippen LogP contribution in [-0.4, -0.2) is 30.2 Å². The van der Waals surface area contributed by atoms with E-state index in [9.17, 15) is 0 Å². The average Bonchev–Trinajstić information content (AvgIpc) is 2.81. The van der Waals surface area contributed by atoms with Gasteiger partial charge < -0.3 is 10.2 Å². The Hall–Kier alpha value is -0.610. The van der Waals surface area contributed by atoms with E-state index >= 15 is 0 Å². The van der Waals surface area contributed by atoms with Crippen molar-refractivity contribution in [1.82, 2.24) is 10.3 Å². The van der Waals surface area contributed by atoms with Crippen molar-refractivity contribution in [3.05, 3.63) is 11.1 Å². The van der Waals surface area contributed by atoms with Gasteiger partial charge in [-0.05, 0) is 39.2 Å². The van der Waals surface area contributed by atoms with Crippen LogP contribution in [0, 0.1) is 6.92 Å². The van der Waals surface area contributed by atoms with E-state index in [-0.39, 0.29) is 0 Å². The topological polar surface area (TPSA) is 28.2 Å². The Morgan fingerprint density at radius 1 is 1.50 bits per heavy atom. The number of aromatic nitrogens is 1. The minimum absolute atomic E-state index is 0.685. The number of aryl methyl sites for hydroxylation is 1. The highest BCUT2D eigenvalue weighted by Crippen LogP contribution is 2.33. The second-order valence-electron chi connectivity index (χ2n) is 4.95. The van der Waals surface area contributed by atoms with Gasteiger partial charge in [-0.15, -0.1) is 11.3 Å². The van der Waals surface area contributed by atoms with Gasteiger partial charge in [-0.25, -0.2) is 4.98 Å². The van der Waals surface area contributed by atoms with Crippen molar-refractivity contribution in [2.24, 2.45) is 0 Å². The molecule has 2 fully saturated rings. The van der Waals surface area contributed by atoms with Gasteiger partial charge in [0.2, 0.25) is 0 Å². The van der Waals surface area contributed by atoms with Crippen LogP contribution in [0.1, 0.15) is 31.4 Å². The fourth-order valence-corrected chi connectivity index (χ4v) is 3.28. The fraction of sp³-hybridized carbons (Fsp3) is 0.750. The lowest BCUT2D eigenvalue weighted by Crippen LogP contribution is -2.38. The van der Waals surface area contributed by atoms with Crippen LogP contribution in [-0.2, 0) is 0 Å². The zero-order valence-electron chi connectivity index (χ0n) is 9.78. The molecule has 88 valence electrons. The molecule has 2 aliphatic rings. The summed E-state index contributed by atoms with van der Waals surface area (Å²) in [5.41, 5.74) is 1.16. The summed E-state index contributed by atoms with van der Waals surface area (Å²) in [7, 11) is 0. The Labute approximate surface area is 101 Å². The number of nitrogens with one attached hydrogen (secondary N) is 1. The van der Waals surface area contributed by atoms with E-state index in [1.165, 1.54) is 37.4 Å². The number of hydrogen-bond donors (Lipinski definition) is 1. The fourth-order valence-electron chi connectivity index (χ4n) is 2.39. The number of nitrogens with zero attached hydrogens (tertiary/aromatic N) is 2. The maximum Gasteiger partial charge on any atom is 0.185 e. The van der Waals surface area contributed by atoms with Crippen molar-refractivity contribution in [2.45, 2.75) is 44.7 Å². The van der Waals surface area contributed by atoms with E-state index in [4.69, 9.17) is 0 Å². The van der Waals surface area contributed by atoms with Gasteiger partial charge in [-0.2, -0.15) is 0 Å². The van der Waals surface area contributed by atoms with E-state index in [1.54, 1.807) is 11.3 Å². The first-order chi connectivity index (χ1) is 7.83. The highest BCUT2D eigenvalue weighted by molar-refractivity contribution is 7.13. The molecule has 1 aliphatic carbocycles. The summed E-state index contributed by atoms with van der Waals surface area (Å²) in [5.74, 6) is 0. The maximum atomic E-state index is 4.63. The molecule has 1 aromatic rings. The van der Waals surface area contributed by atoms with Crippen molar-refractivity contribution in [3.8, 4) is 0 Å². The molecule has 16 heavy (non-hydrogen) atoms. The summed E-state index contributed by atoms with van der Waals surface area (Å²) in [6.45, 7) is 4.43. The molecule has 0 amide bonds. The Morgan fingerprint density at radius 2 is 2.38 bits per heavy atom. The monoisotopic (exact) mass is 237 g/mol. The van der Waals surface area contributed by atoms with Gasteiger partial charge in [-0.1, -0.05) is 0 Å². The van der Waals surface area contributed by atoms with Crippen molar-refractivity contribution in [1.29, 1.82) is 0 Å². The quantitative estimate of drug-likeness (QED) is 0.870. The zero-order chi connectivity index (χ0) is 11.0. The van der Waals surface area contributed by atoms with Gasteiger partial charge in [0.05, 0.1) is 5.69 Å². The number of rotatable bonds is 4. The van der Waals surface area contributed by atoms with Gasteiger partial charge in [0.1, 0.15) is 0 Å². The summed E-state index contributed by atoms with van der Waals surface area (Å²) in [4.78, 5) is 7.16. The molecule has 3 nitrogen and oxygen atoms in total. The van der Waals surface area contributed by atoms with E-state index in [2.05, 4.69) is 27.5 Å². The molecule has 0 spiro atoms. The molecular weight excluding hydrogens is 218 g/mol. The third-order valence-corrected chi connectivity index (χ3v) is 4.42. The van der Waals surface area contributed by atoms with Crippen LogP contribution < -0.4 is 10.2 Å². The maximum absolute atomic E-state index is 4.63. The normalized spacial score (nSPS) is 24.9. The molecule has 3 rings (SSSR count). The van der Waals surface area contributed by atoms with Gasteiger partial charge in [0.15, 0.2) is 5.13 Å². The molecule has 1 N–H and O–H groups in total. The lowest BCUT2D eigenvalue weighted by atomic mass is 10.2. The first kappa shape index (κ1) is 10.5. The minimum atomic E-state index is 0.685. The Kier molecular flexibility index (Phi) is 2.86. The molecule has 1 saturated heterocycles. The number of anilines is 1. The molecule has 4 heteroatoms. The van der Waals surface area contributed by atoms with Gasteiger partial charge in [0, 0.05) is 24.0 Å². The van der Waals surface area contributed by atoms with E-state index in [0.717, 1.165) is 18.3 Å². The van der Waals surface area contributed by atoms with Crippen LogP contribution in [0.15, 0.2) is 5.38 Å². The van der Waals surface area contributed by atoms with Crippen LogP contribution in [0.3, 0.4) is 0 Å². The molecule has 0 radical (unpaired) electrons. The van der Waals surface area contributed by atoms with Gasteiger partial charge in [0.25, 0.3) is 0 Å². The second kappa shape index (κ2) is 4.34. The van der Waals surface area contributed by atoms with Gasteiger partial charge in [-0.3, -0.25) is 0 Å². The highest BCUT2D eigenvalue weighted by atomic mass is 32.1. The van der Waals surface area contributed by atoms with Crippen LogP contribution in [0.4, 0.5) is 5.13 Å². The SMILES string of the molecule is Cc1csc(N(CC2CCCN2)C2CC2)n1. The molecule has 1 unspecified atom stereocenters. The predicted molar refractivity (Wildman–Crippen MR) is 68.2 cm³/mol. The van der Waals surface area contributed by atoms with Crippen LogP contribution in [0.5, 0.6) is 0 Å². The largest absolute Gasteiger partial charge is 0.344 e. The van der Waals surface area contributed by atoms with Crippen molar-refractivity contribution >= 4 is 16.5 Å². The minimum Gasteiger partial charge on any atom is -0.344 e. The Morgan fingerprint density at radius 3 is 2.94 bits per heavy atom. The van der Waals surface area contributed by atoms with Crippen LogP contribution >= 0.6 is 11.3 Å². The molecule has 0 bridgehead atoms. The van der Waals surface area contributed by atoms with Crippen LogP contribution in [0.2, 0.25) is 0 Å². The van der Waals surface area contributed by atoms with Crippen LogP contribution in [0.25, 0.3) is 0 Å². The molecule has 1 aromatic heterocycles. The third kappa shape index (κ3) is 2.23. The lowest BCUT2D eigenvalue weighted by molar-refractivity contribution is 0.578. The average molecular weight is 237 g/mol. The molecule has 1 aliphatic heterocycles. The smallest absolute Gasteiger partial charge is 0.185 e. The summed E-state index contributed by atoms with van der Waals surface area (Å²) in [5, 5.41) is 6.97. The summed E-state index contributed by atoms with van der Waals surface area (Å²) >= 11 is 1.80. The molecule has 0 aromatic carbocycles. The molecule has 1 atom stereocenters. The first-order valence-electron chi connectivity index (χ1n) is 6.25. The third-order valence-electron chi connectivity index (χ3n) is 3.42. The molecule has 1 saturated carbocycles. The van der Waals surface area contributed by atoms with E-state index < -0.39 is 0 Å². The van der Waals surface area contributed by atoms with Crippen molar-refractivity contribution in [2.75, 3.05) is 18.0 Å². The van der Waals surface area contributed by atoms with E-state index in [1.807, 2.05) is 0 Å². The van der Waals surface area contributed by atoms with E-state index in [0.29, 0.717) is 6.04 Å². The second-order valence-corrected chi connectivity index (χ2v) is 5.78. The Bertz CT molecular complexity index is 353. The summed E-state index contributed by atoms with van der Waals surface area (Å²) in [6.07, 6.45) is 5.37. The van der Waals surface area contributed by atoms with Crippen molar-refractivity contribution in [3.63, 3.8) is 0 Å². The molecule has 2 heterocycles. The Balaban J connectivity index is 1.70. The first-order valence-corrected chi connectivity index (χ1v) is 7.13. The standard InChI is InChI=1S/C12H19N3S/c1-9-8-16-12(14-9)15(11-4-5-11)7-10-3-2-6-13-10/h8,10-11,13H,2-7H2,1H3. The van der Waals surface area contributed by atoms with Crippen molar-refractivity contribution < 1.29 is 0 Å². The molecular formula is C12H19N3S. The number of hydrogen-bond acceptors (Lipinski definition) is 4. The highest BCUT2D eigenvalue weighted by Gasteiger charge is 2.32. The number of thiazole rings is 1. The summed E-state index contributed by atoms with van der Waals surface area (Å²) < 4.78 is 0. The predicted octanol–water partition coefficient (Wildman–Crippen LogP) is 2.17. The van der Waals surface area contributed by atoms with Gasteiger partial charge >= 0.3 is 0 Å². The lowest BCUT2D eigenvalue weighted by Gasteiger charge is -2.25.